The molecule has 1 aliphatic heterocycles. The van der Waals surface area contributed by atoms with E-state index in [1.165, 1.54) is 30.2 Å². The van der Waals surface area contributed by atoms with Crippen LogP contribution < -0.4 is 10.1 Å². The van der Waals surface area contributed by atoms with Crippen LogP contribution in [0.2, 0.25) is 0 Å². The van der Waals surface area contributed by atoms with Gasteiger partial charge >= 0.3 is 12.2 Å². The van der Waals surface area contributed by atoms with Gasteiger partial charge in [-0.1, -0.05) is 30.3 Å². The fraction of sp³-hybridized carbons (Fsp3) is 0.276. The number of nitrogens with one attached hydrogen (secondary N) is 1. The lowest BCUT2D eigenvalue weighted by Gasteiger charge is -2.27. The van der Waals surface area contributed by atoms with Gasteiger partial charge in [0.2, 0.25) is 0 Å². The molecule has 3 aromatic carbocycles. The van der Waals surface area contributed by atoms with E-state index in [9.17, 15) is 27.2 Å². The first-order valence-corrected chi connectivity index (χ1v) is 12.6. The molecule has 12 heteroatoms. The van der Waals surface area contributed by atoms with Crippen molar-refractivity contribution in [2.75, 3.05) is 39.2 Å². The predicted octanol–water partition coefficient (Wildman–Crippen LogP) is 5.71. The lowest BCUT2D eigenvalue weighted by Crippen LogP contribution is -2.44. The smallest absolute Gasteiger partial charge is 0.416 e. The fourth-order valence-corrected chi connectivity index (χ4v) is 4.32. The van der Waals surface area contributed by atoms with Crippen LogP contribution in [0.25, 0.3) is 0 Å². The zero-order chi connectivity index (χ0) is 29.6. The third kappa shape index (κ3) is 7.20. The maximum absolute atomic E-state index is 14.6. The molecule has 8 nitrogen and oxygen atoms in total. The van der Waals surface area contributed by atoms with Crippen molar-refractivity contribution in [2.45, 2.75) is 18.6 Å². The number of carbonyl (C=O) groups is 2. The summed E-state index contributed by atoms with van der Waals surface area (Å²) < 4.78 is 63.6. The Labute approximate surface area is 234 Å². The Morgan fingerprint density at radius 3 is 2.32 bits per heavy atom. The zero-order valence-corrected chi connectivity index (χ0v) is 22.3. The maximum Gasteiger partial charge on any atom is 0.416 e. The first kappa shape index (κ1) is 29.5. The van der Waals surface area contributed by atoms with Crippen LogP contribution in [0.3, 0.4) is 0 Å². The van der Waals surface area contributed by atoms with Crippen LogP contribution in [0.1, 0.15) is 29.2 Å². The molecule has 0 bridgehead atoms. The second-order valence-corrected chi connectivity index (χ2v) is 9.18. The van der Waals surface area contributed by atoms with Gasteiger partial charge in [0.25, 0.3) is 5.91 Å². The summed E-state index contributed by atoms with van der Waals surface area (Å²) in [4.78, 5) is 27.9. The van der Waals surface area contributed by atoms with E-state index < -0.39 is 42.1 Å². The topological polar surface area (TPSA) is 83.5 Å². The summed E-state index contributed by atoms with van der Waals surface area (Å²) in [5.74, 6) is -0.409. The third-order valence-electron chi connectivity index (χ3n) is 6.49. The van der Waals surface area contributed by atoms with Crippen molar-refractivity contribution < 1.29 is 36.6 Å². The molecule has 3 amide bonds. The van der Waals surface area contributed by atoms with Crippen LogP contribution in [0, 0.1) is 5.82 Å². The molecule has 216 valence electrons. The molecule has 0 fully saturated rings. The highest BCUT2D eigenvalue weighted by Crippen LogP contribution is 2.34. The molecule has 4 rings (SSSR count). The molecule has 1 atom stereocenters. The second kappa shape index (κ2) is 12.8. The largest absolute Gasteiger partial charge is 0.497 e. The van der Waals surface area contributed by atoms with Crippen LogP contribution >= 0.6 is 0 Å². The van der Waals surface area contributed by atoms with Gasteiger partial charge in [0.1, 0.15) is 18.1 Å². The average Bonchev–Trinajstić information content (AvgIpc) is 3.40. The van der Waals surface area contributed by atoms with Crippen LogP contribution in [-0.4, -0.2) is 61.5 Å². The van der Waals surface area contributed by atoms with Gasteiger partial charge < -0.3 is 19.7 Å². The van der Waals surface area contributed by atoms with Crippen LogP contribution in [0.15, 0.2) is 77.9 Å². The summed E-state index contributed by atoms with van der Waals surface area (Å²) in [5.41, 5.74) is 0.624. The molecule has 1 heterocycles. The Morgan fingerprint density at radius 2 is 1.71 bits per heavy atom. The van der Waals surface area contributed by atoms with E-state index in [0.717, 1.165) is 29.8 Å². The lowest BCUT2D eigenvalue weighted by atomic mass is 9.98. The summed E-state index contributed by atoms with van der Waals surface area (Å²) >= 11 is 0. The summed E-state index contributed by atoms with van der Waals surface area (Å²) in [6.45, 7) is -0.310. The number of hydrogen-bond acceptors (Lipinski definition) is 5. The Balaban J connectivity index is 1.57. The molecule has 0 saturated heterocycles. The van der Waals surface area contributed by atoms with Crippen LogP contribution in [0.5, 0.6) is 5.75 Å². The summed E-state index contributed by atoms with van der Waals surface area (Å²) in [6.07, 6.45) is -4.29. The third-order valence-corrected chi connectivity index (χ3v) is 6.49. The van der Waals surface area contributed by atoms with E-state index in [-0.39, 0.29) is 30.8 Å². The molecule has 3 aromatic rings. The lowest BCUT2D eigenvalue weighted by molar-refractivity contribution is -0.137. The first-order valence-electron chi connectivity index (χ1n) is 12.6. The number of amides is 3. The molecule has 0 aliphatic carbocycles. The Morgan fingerprint density at radius 1 is 1.02 bits per heavy atom. The second-order valence-electron chi connectivity index (χ2n) is 9.18. The number of methoxy groups -OCH3 is 2. The molecule has 0 radical (unpaired) electrons. The monoisotopic (exact) mass is 572 g/mol. The number of hydrogen-bond donors (Lipinski definition) is 1. The van der Waals surface area contributed by atoms with E-state index in [1.54, 1.807) is 42.5 Å². The highest BCUT2D eigenvalue weighted by atomic mass is 19.4. The quantitative estimate of drug-likeness (QED) is 0.333. The number of carbonyl (C=O) groups excluding carboxylic acids is 2. The molecular formula is C29H28F4N4O4. The van der Waals surface area contributed by atoms with Gasteiger partial charge in [-0.3, -0.25) is 4.79 Å². The minimum atomic E-state index is -4.52. The SMILES string of the molecule is COCCN(CC(=O)N1N=C(c2ccccc2F)CC1c1ccc(OC)cc1)C(=O)Nc1ccc(C(F)(F)F)cc1. The van der Waals surface area contributed by atoms with Crippen molar-refractivity contribution in [1.29, 1.82) is 0 Å². The minimum absolute atomic E-state index is 0.0135. The first-order chi connectivity index (χ1) is 19.6. The highest BCUT2D eigenvalue weighted by Gasteiger charge is 2.35. The molecule has 1 unspecified atom stereocenters. The number of ether oxygens (including phenoxy) is 2. The number of hydrazone groups is 1. The zero-order valence-electron chi connectivity index (χ0n) is 22.3. The number of rotatable bonds is 9. The fourth-order valence-electron chi connectivity index (χ4n) is 4.32. The van der Waals surface area contributed by atoms with Crippen molar-refractivity contribution in [3.63, 3.8) is 0 Å². The molecular weight excluding hydrogens is 544 g/mol. The van der Waals surface area contributed by atoms with E-state index >= 15 is 0 Å². The Kier molecular flexibility index (Phi) is 9.23. The predicted molar refractivity (Wildman–Crippen MR) is 144 cm³/mol. The van der Waals surface area contributed by atoms with Gasteiger partial charge in [-0.2, -0.15) is 18.3 Å². The normalized spacial score (nSPS) is 14.9. The number of nitrogens with zero attached hydrogens (tertiary/aromatic N) is 3. The number of anilines is 1. The van der Waals surface area contributed by atoms with Gasteiger partial charge in [-0.25, -0.2) is 14.2 Å². The highest BCUT2D eigenvalue weighted by molar-refractivity contribution is 6.03. The van der Waals surface area contributed by atoms with Crippen molar-refractivity contribution in [3.8, 4) is 5.75 Å². The number of benzene rings is 3. The van der Waals surface area contributed by atoms with E-state index in [2.05, 4.69) is 10.4 Å². The van der Waals surface area contributed by atoms with Crippen molar-refractivity contribution in [2.24, 2.45) is 5.10 Å². The molecule has 0 spiro atoms. The Bertz CT molecular complexity index is 1400. The molecule has 0 saturated carbocycles. The number of urea groups is 1. The van der Waals surface area contributed by atoms with Crippen molar-refractivity contribution >= 4 is 23.3 Å². The van der Waals surface area contributed by atoms with E-state index in [0.29, 0.717) is 11.5 Å². The van der Waals surface area contributed by atoms with Crippen molar-refractivity contribution in [3.05, 3.63) is 95.3 Å². The standard InChI is InChI=1S/C29H28F4N4O4/c1-40-16-15-36(28(39)34-21-11-9-20(10-12-21)29(31,32)33)18-27(38)37-26(19-7-13-22(41-2)14-8-19)17-25(35-37)23-5-3-4-6-24(23)30/h3-14,26H,15-18H2,1-2H3,(H,34,39). The van der Waals surface area contributed by atoms with E-state index in [4.69, 9.17) is 9.47 Å². The summed E-state index contributed by atoms with van der Waals surface area (Å²) in [5, 5.41) is 8.21. The van der Waals surface area contributed by atoms with Gasteiger partial charge in [-0.15, -0.1) is 0 Å². The van der Waals surface area contributed by atoms with Crippen LogP contribution in [0.4, 0.5) is 28.0 Å². The minimum Gasteiger partial charge on any atom is -0.497 e. The summed E-state index contributed by atoms with van der Waals surface area (Å²) in [6, 6.07) is 15.8. The van der Waals surface area contributed by atoms with E-state index in [1.807, 2.05) is 0 Å². The number of alkyl halides is 3. The maximum atomic E-state index is 14.6. The van der Waals surface area contributed by atoms with Gasteiger partial charge in [0, 0.05) is 31.3 Å². The number of halogens is 4. The van der Waals surface area contributed by atoms with Gasteiger partial charge in [0.15, 0.2) is 0 Å². The van der Waals surface area contributed by atoms with Gasteiger partial charge in [-0.05, 0) is 48.0 Å². The molecule has 1 aliphatic rings. The van der Waals surface area contributed by atoms with Crippen molar-refractivity contribution in [1.82, 2.24) is 9.91 Å². The molecule has 41 heavy (non-hydrogen) atoms. The average molecular weight is 573 g/mol. The molecule has 1 N–H and O–H groups in total. The van der Waals surface area contributed by atoms with Gasteiger partial charge in [0.05, 0.1) is 31.0 Å². The van der Waals surface area contributed by atoms with Crippen LogP contribution in [-0.2, 0) is 15.7 Å². The summed E-state index contributed by atoms with van der Waals surface area (Å²) in [7, 11) is 2.96. The Hall–Kier alpha value is -4.45. The molecule has 0 aromatic heterocycles.